The molecule has 0 aliphatic rings. The molecule has 0 aliphatic carbocycles. The molecule has 0 aliphatic heterocycles. The minimum atomic E-state index is -7.41. The van der Waals surface area contributed by atoms with Gasteiger partial charge >= 0.3 is 38.5 Å². The predicted octanol–water partition coefficient (Wildman–Crippen LogP) is 6.80. The van der Waals surface area contributed by atoms with Crippen molar-refractivity contribution in [2.75, 3.05) is 13.2 Å². The van der Waals surface area contributed by atoms with Gasteiger partial charge in [0.25, 0.3) is 0 Å². The van der Waals surface area contributed by atoms with Crippen LogP contribution in [0.5, 0.6) is 5.75 Å². The van der Waals surface area contributed by atoms with Gasteiger partial charge in [0.05, 0.1) is 24.2 Å². The third-order valence-electron chi connectivity index (χ3n) is 7.10. The maximum Gasteiger partial charge on any atom is 0.450 e. The lowest BCUT2D eigenvalue weighted by Gasteiger charge is -2.32. The molecule has 1 rings (SSSR count). The van der Waals surface area contributed by atoms with Gasteiger partial charge in [-0.05, 0) is 57.4 Å². The first-order valence-corrected chi connectivity index (χ1v) is 17.3. The molecular formula is C28H39F6O10S2-. The lowest BCUT2D eigenvalue weighted by Crippen LogP contribution is -2.61. The molecule has 1 aromatic rings. The Morgan fingerprint density at radius 1 is 0.696 bits per heavy atom. The first kappa shape index (κ1) is 41.4. The van der Waals surface area contributed by atoms with E-state index in [-0.39, 0.29) is 18.1 Å². The number of carbonyl (C=O) groups is 2. The van der Waals surface area contributed by atoms with Gasteiger partial charge in [-0.25, -0.2) is 13.2 Å². The highest BCUT2D eigenvalue weighted by Gasteiger charge is 2.81. The summed E-state index contributed by atoms with van der Waals surface area (Å²) in [6, 6.07) is 2.77. The van der Waals surface area contributed by atoms with E-state index in [0.717, 1.165) is 76.3 Å². The first-order chi connectivity index (χ1) is 21.0. The van der Waals surface area contributed by atoms with Crippen LogP contribution in [0.25, 0.3) is 0 Å². The molecule has 0 atom stereocenters. The van der Waals surface area contributed by atoms with Crippen molar-refractivity contribution in [3.8, 4) is 5.75 Å². The molecule has 0 saturated heterocycles. The smallest absolute Gasteiger partial charge is 0.450 e. The van der Waals surface area contributed by atoms with Crippen LogP contribution in [0.3, 0.4) is 0 Å². The van der Waals surface area contributed by atoms with E-state index < -0.39 is 53.8 Å². The first-order valence-electron chi connectivity index (χ1n) is 14.5. The quantitative estimate of drug-likeness (QED) is 0.0412. The van der Waals surface area contributed by atoms with Gasteiger partial charge in [-0.2, -0.15) is 34.8 Å². The lowest BCUT2D eigenvalue weighted by atomic mass is 9.91. The fraction of sp³-hybridized carbons (Fsp3) is 0.714. The Labute approximate surface area is 265 Å². The van der Waals surface area contributed by atoms with E-state index in [4.69, 9.17) is 9.47 Å². The van der Waals surface area contributed by atoms with Gasteiger partial charge in [-0.3, -0.25) is 4.79 Å². The number of hydrogen-bond acceptors (Lipinski definition) is 10. The van der Waals surface area contributed by atoms with E-state index in [2.05, 4.69) is 4.18 Å². The Balaban J connectivity index is 2.35. The van der Waals surface area contributed by atoms with Crippen LogP contribution in [0.1, 0.15) is 102 Å². The monoisotopic (exact) mass is 713 g/mol. The average Bonchev–Trinajstić information content (AvgIpc) is 2.96. The summed E-state index contributed by atoms with van der Waals surface area (Å²) in [5.74, 6) is -9.38. The van der Waals surface area contributed by atoms with Crippen molar-refractivity contribution in [3.63, 3.8) is 0 Å². The summed E-state index contributed by atoms with van der Waals surface area (Å²) in [5.41, 5.74) is -0.677. The molecule has 0 fully saturated rings. The Hall–Kier alpha value is -2.60. The molecule has 0 heterocycles. The molecule has 0 unspecified atom stereocenters. The second kappa shape index (κ2) is 17.0. The average molecular weight is 714 g/mol. The number of alkyl halides is 6. The third kappa shape index (κ3) is 11.0. The maximum absolute atomic E-state index is 13.9. The third-order valence-corrected chi connectivity index (χ3v) is 9.28. The van der Waals surface area contributed by atoms with Gasteiger partial charge < -0.3 is 18.2 Å². The fourth-order valence-corrected chi connectivity index (χ4v) is 5.10. The van der Waals surface area contributed by atoms with Crippen molar-refractivity contribution < 1.29 is 71.0 Å². The molecule has 266 valence electrons. The van der Waals surface area contributed by atoms with E-state index >= 15 is 0 Å². The summed E-state index contributed by atoms with van der Waals surface area (Å²) in [6.07, 6.45) is 9.92. The SMILES string of the molecule is CCC(C)(C)C(=O)OCCCCCCCCCCCCOC(=O)c1ccc(OS(=O)(=O)C(F)(F)C(F)(F)C(F)(F)S(=O)(=O)[O-])cc1. The standard InChI is InChI=1S/C28H40F6O10S2/c1-4-25(2,3)24(36)43-20-14-12-10-8-6-5-7-9-11-13-19-42-23(35)21-15-17-22(18-16-21)44-46(40,41)28(33,34)26(29,30)27(31,32)45(37,38)39/h15-18H,4-14,19-20H2,1-3H3,(H,37,38,39)/p-1. The summed E-state index contributed by atoms with van der Waals surface area (Å²) < 4.78 is 150. The topological polar surface area (TPSA) is 153 Å². The minimum Gasteiger partial charge on any atom is -0.743 e. The Kier molecular flexibility index (Phi) is 15.3. The van der Waals surface area contributed by atoms with E-state index in [1.54, 1.807) is 0 Å². The van der Waals surface area contributed by atoms with Crippen LogP contribution in [0, 0.1) is 5.41 Å². The highest BCUT2D eigenvalue weighted by Crippen LogP contribution is 2.50. The second-order valence-electron chi connectivity index (χ2n) is 11.2. The van der Waals surface area contributed by atoms with Gasteiger partial charge in [0, 0.05) is 0 Å². The number of esters is 2. The van der Waals surface area contributed by atoms with Gasteiger partial charge in [-0.1, -0.05) is 58.3 Å². The Bertz CT molecular complexity index is 1350. The number of hydrogen-bond donors (Lipinski definition) is 0. The molecular weight excluding hydrogens is 674 g/mol. The van der Waals surface area contributed by atoms with Crippen LogP contribution in [-0.4, -0.2) is 63.0 Å². The summed E-state index contributed by atoms with van der Waals surface area (Å²) in [7, 11) is -14.4. The number of ether oxygens (including phenoxy) is 2. The van der Waals surface area contributed by atoms with Crippen LogP contribution in [0.4, 0.5) is 26.3 Å². The summed E-state index contributed by atoms with van der Waals surface area (Å²) >= 11 is 0. The molecule has 0 radical (unpaired) electrons. The normalized spacial score (nSPS) is 13.3. The fourth-order valence-electron chi connectivity index (χ4n) is 3.68. The molecule has 0 N–H and O–H groups in total. The molecule has 10 nitrogen and oxygen atoms in total. The molecule has 0 saturated carbocycles. The molecule has 0 amide bonds. The summed E-state index contributed by atoms with van der Waals surface area (Å²) in [6.45, 7) is 6.12. The molecule has 46 heavy (non-hydrogen) atoms. The summed E-state index contributed by atoms with van der Waals surface area (Å²) in [5, 5.41) is -13.9. The van der Waals surface area contributed by atoms with Gasteiger partial charge in [0.2, 0.25) is 0 Å². The number of unbranched alkanes of at least 4 members (excludes halogenated alkanes) is 9. The molecule has 1 aromatic carbocycles. The van der Waals surface area contributed by atoms with E-state index in [0.29, 0.717) is 25.2 Å². The van der Waals surface area contributed by atoms with Crippen molar-refractivity contribution in [1.29, 1.82) is 0 Å². The van der Waals surface area contributed by atoms with Crippen molar-refractivity contribution in [3.05, 3.63) is 29.8 Å². The van der Waals surface area contributed by atoms with E-state index in [1.165, 1.54) is 0 Å². The van der Waals surface area contributed by atoms with E-state index in [1.807, 2.05) is 20.8 Å². The van der Waals surface area contributed by atoms with Gasteiger partial charge in [0.1, 0.15) is 5.75 Å². The van der Waals surface area contributed by atoms with Crippen molar-refractivity contribution in [1.82, 2.24) is 0 Å². The highest BCUT2D eigenvalue weighted by molar-refractivity contribution is 7.88. The van der Waals surface area contributed by atoms with Crippen molar-refractivity contribution in [2.24, 2.45) is 5.41 Å². The van der Waals surface area contributed by atoms with Crippen LogP contribution in [-0.2, 0) is 34.5 Å². The lowest BCUT2D eigenvalue weighted by molar-refractivity contribution is -0.247. The van der Waals surface area contributed by atoms with Crippen LogP contribution in [0.2, 0.25) is 0 Å². The Morgan fingerprint density at radius 3 is 1.52 bits per heavy atom. The highest BCUT2D eigenvalue weighted by atomic mass is 32.2. The minimum absolute atomic E-state index is 0.0314. The van der Waals surface area contributed by atoms with Crippen molar-refractivity contribution in [2.45, 2.75) is 108 Å². The zero-order valence-electron chi connectivity index (χ0n) is 25.7. The van der Waals surface area contributed by atoms with E-state index in [9.17, 15) is 57.3 Å². The maximum atomic E-state index is 13.9. The predicted molar refractivity (Wildman–Crippen MR) is 152 cm³/mol. The molecule has 0 bridgehead atoms. The van der Waals surface area contributed by atoms with Crippen LogP contribution in [0.15, 0.2) is 24.3 Å². The van der Waals surface area contributed by atoms with Crippen LogP contribution >= 0.6 is 0 Å². The number of halogens is 6. The van der Waals surface area contributed by atoms with Crippen LogP contribution < -0.4 is 4.18 Å². The second-order valence-corrected chi connectivity index (χ2v) is 14.2. The Morgan fingerprint density at radius 2 is 1.11 bits per heavy atom. The summed E-state index contributed by atoms with van der Waals surface area (Å²) in [4.78, 5) is 24.0. The molecule has 0 spiro atoms. The zero-order valence-corrected chi connectivity index (χ0v) is 27.3. The van der Waals surface area contributed by atoms with Crippen molar-refractivity contribution >= 4 is 32.2 Å². The number of carbonyl (C=O) groups excluding carboxylic acids is 2. The number of rotatable bonds is 22. The zero-order chi connectivity index (χ0) is 35.5. The molecule has 0 aromatic heterocycles. The van der Waals surface area contributed by atoms with Gasteiger partial charge in [-0.15, -0.1) is 0 Å². The number of benzene rings is 1. The molecule has 18 heteroatoms. The largest absolute Gasteiger partial charge is 0.743 e. The van der Waals surface area contributed by atoms with Gasteiger partial charge in [0.15, 0.2) is 10.1 Å².